The van der Waals surface area contributed by atoms with Gasteiger partial charge in [0, 0.05) is 10.8 Å². The number of hydrogen-bond acceptors (Lipinski definition) is 1. The maximum absolute atomic E-state index is 6.28. The molecular formula is C20H11ClO. The van der Waals surface area contributed by atoms with Crippen LogP contribution >= 0.6 is 11.6 Å². The molecule has 0 N–H and O–H groups in total. The number of para-hydroxylation sites is 1. The highest BCUT2D eigenvalue weighted by atomic mass is 35.5. The standard InChI is InChI=1S/C20H11ClO/c21-17-7-3-6-16-19-15-9-8-12-4-1-2-5-13(12)14(15)10-11-18(19)22-20(16)17/h1-11H. The maximum Gasteiger partial charge on any atom is 0.154 e. The number of furan rings is 1. The molecule has 0 bridgehead atoms. The number of fused-ring (bicyclic) bond motifs is 7. The van der Waals surface area contributed by atoms with Gasteiger partial charge < -0.3 is 4.42 Å². The third kappa shape index (κ3) is 1.49. The summed E-state index contributed by atoms with van der Waals surface area (Å²) in [4.78, 5) is 0. The summed E-state index contributed by atoms with van der Waals surface area (Å²) < 4.78 is 5.97. The molecule has 0 saturated heterocycles. The Hall–Kier alpha value is -2.51. The summed E-state index contributed by atoms with van der Waals surface area (Å²) in [5.41, 5.74) is 1.64. The van der Waals surface area contributed by atoms with E-state index in [0.29, 0.717) is 5.02 Å². The predicted octanol–water partition coefficient (Wildman–Crippen LogP) is 6.55. The van der Waals surface area contributed by atoms with Crippen LogP contribution in [0.5, 0.6) is 0 Å². The molecule has 0 amide bonds. The van der Waals surface area contributed by atoms with Crippen molar-refractivity contribution in [1.29, 1.82) is 0 Å². The zero-order chi connectivity index (χ0) is 14.7. The van der Waals surface area contributed by atoms with Crippen LogP contribution in [0.1, 0.15) is 0 Å². The quantitative estimate of drug-likeness (QED) is 0.296. The average molecular weight is 303 g/mol. The monoisotopic (exact) mass is 302 g/mol. The van der Waals surface area contributed by atoms with Crippen LogP contribution in [0.2, 0.25) is 5.02 Å². The van der Waals surface area contributed by atoms with E-state index in [-0.39, 0.29) is 0 Å². The Labute approximate surface area is 131 Å². The molecule has 0 spiro atoms. The Balaban J connectivity index is 2.10. The first kappa shape index (κ1) is 12.1. The van der Waals surface area contributed by atoms with Crippen LogP contribution in [-0.2, 0) is 0 Å². The fourth-order valence-electron chi connectivity index (χ4n) is 3.35. The molecule has 104 valence electrons. The second-order valence-corrected chi connectivity index (χ2v) is 5.95. The van der Waals surface area contributed by atoms with E-state index < -0.39 is 0 Å². The lowest BCUT2D eigenvalue weighted by Crippen LogP contribution is -1.78. The minimum absolute atomic E-state index is 0.655. The first-order valence-corrected chi connectivity index (χ1v) is 7.62. The van der Waals surface area contributed by atoms with Crippen molar-refractivity contribution in [2.75, 3.05) is 0 Å². The summed E-state index contributed by atoms with van der Waals surface area (Å²) in [6.45, 7) is 0. The van der Waals surface area contributed by atoms with Gasteiger partial charge >= 0.3 is 0 Å². The van der Waals surface area contributed by atoms with E-state index >= 15 is 0 Å². The number of hydrogen-bond donors (Lipinski definition) is 0. The maximum atomic E-state index is 6.28. The van der Waals surface area contributed by atoms with Gasteiger partial charge in [-0.25, -0.2) is 0 Å². The van der Waals surface area contributed by atoms with Crippen molar-refractivity contribution in [2.45, 2.75) is 0 Å². The molecule has 5 rings (SSSR count). The van der Waals surface area contributed by atoms with E-state index in [1.165, 1.54) is 21.5 Å². The summed E-state index contributed by atoms with van der Waals surface area (Å²) in [7, 11) is 0. The Bertz CT molecular complexity index is 1180. The van der Waals surface area contributed by atoms with E-state index in [0.717, 1.165) is 21.9 Å². The van der Waals surface area contributed by atoms with Crippen molar-refractivity contribution in [1.82, 2.24) is 0 Å². The van der Waals surface area contributed by atoms with Crippen LogP contribution in [0.3, 0.4) is 0 Å². The van der Waals surface area contributed by atoms with E-state index in [2.05, 4.69) is 48.5 Å². The largest absolute Gasteiger partial charge is 0.454 e. The second kappa shape index (κ2) is 4.25. The van der Waals surface area contributed by atoms with Gasteiger partial charge in [-0.1, -0.05) is 66.2 Å². The average Bonchev–Trinajstić information content (AvgIpc) is 2.95. The Morgan fingerprint density at radius 2 is 1.45 bits per heavy atom. The van der Waals surface area contributed by atoms with Gasteiger partial charge in [-0.05, 0) is 33.7 Å². The van der Waals surface area contributed by atoms with Crippen LogP contribution in [0, 0.1) is 0 Å². The molecular weight excluding hydrogens is 292 g/mol. The molecule has 5 aromatic rings. The van der Waals surface area contributed by atoms with Crippen LogP contribution in [-0.4, -0.2) is 0 Å². The van der Waals surface area contributed by atoms with Crippen LogP contribution < -0.4 is 0 Å². The first-order valence-electron chi connectivity index (χ1n) is 7.24. The predicted molar refractivity (Wildman–Crippen MR) is 93.7 cm³/mol. The third-order valence-corrected chi connectivity index (χ3v) is 4.63. The van der Waals surface area contributed by atoms with E-state index in [4.69, 9.17) is 16.0 Å². The summed E-state index contributed by atoms with van der Waals surface area (Å²) in [5, 5.41) is 7.83. The molecule has 0 unspecified atom stereocenters. The lowest BCUT2D eigenvalue weighted by Gasteiger charge is -2.04. The SMILES string of the molecule is Clc1cccc2c1oc1ccc3c4ccccc4ccc3c12. The van der Waals surface area contributed by atoms with Gasteiger partial charge in [0.2, 0.25) is 0 Å². The zero-order valence-electron chi connectivity index (χ0n) is 11.6. The lowest BCUT2D eigenvalue weighted by atomic mass is 9.98. The molecule has 0 aliphatic heterocycles. The fraction of sp³-hybridized carbons (Fsp3) is 0. The first-order chi connectivity index (χ1) is 10.8. The summed E-state index contributed by atoms with van der Waals surface area (Å²) in [6.07, 6.45) is 0. The molecule has 22 heavy (non-hydrogen) atoms. The summed E-state index contributed by atoms with van der Waals surface area (Å²) in [6, 6.07) is 22.9. The van der Waals surface area contributed by atoms with Crippen LogP contribution in [0.4, 0.5) is 0 Å². The molecule has 1 nitrogen and oxygen atoms in total. The van der Waals surface area contributed by atoms with Crippen molar-refractivity contribution in [3.05, 3.63) is 71.8 Å². The van der Waals surface area contributed by atoms with Gasteiger partial charge in [-0.3, -0.25) is 0 Å². The number of benzene rings is 4. The van der Waals surface area contributed by atoms with Gasteiger partial charge in [0.05, 0.1) is 5.02 Å². The fourth-order valence-corrected chi connectivity index (χ4v) is 3.56. The van der Waals surface area contributed by atoms with Gasteiger partial charge in [0.15, 0.2) is 5.58 Å². The topological polar surface area (TPSA) is 13.1 Å². The molecule has 0 aliphatic rings. The summed E-state index contributed by atoms with van der Waals surface area (Å²) in [5.74, 6) is 0. The van der Waals surface area contributed by atoms with Crippen molar-refractivity contribution in [3.63, 3.8) is 0 Å². The molecule has 0 radical (unpaired) electrons. The Morgan fingerprint density at radius 3 is 2.41 bits per heavy atom. The van der Waals surface area contributed by atoms with E-state index in [9.17, 15) is 0 Å². The smallest absolute Gasteiger partial charge is 0.154 e. The highest BCUT2D eigenvalue weighted by molar-refractivity contribution is 6.36. The molecule has 0 atom stereocenters. The van der Waals surface area contributed by atoms with Gasteiger partial charge in [0.1, 0.15) is 5.58 Å². The minimum atomic E-state index is 0.655. The van der Waals surface area contributed by atoms with E-state index in [1.54, 1.807) is 0 Å². The molecule has 0 fully saturated rings. The molecule has 1 heterocycles. The minimum Gasteiger partial charge on any atom is -0.454 e. The molecule has 0 saturated carbocycles. The zero-order valence-corrected chi connectivity index (χ0v) is 12.4. The Kier molecular flexibility index (Phi) is 2.33. The normalized spacial score (nSPS) is 11.9. The van der Waals surface area contributed by atoms with Gasteiger partial charge in [-0.2, -0.15) is 0 Å². The van der Waals surface area contributed by atoms with Gasteiger partial charge in [-0.15, -0.1) is 0 Å². The molecule has 2 heteroatoms. The highest BCUT2D eigenvalue weighted by Crippen LogP contribution is 2.39. The number of halogens is 1. The lowest BCUT2D eigenvalue weighted by molar-refractivity contribution is 0.669. The number of rotatable bonds is 0. The van der Waals surface area contributed by atoms with Crippen molar-refractivity contribution >= 4 is 55.1 Å². The van der Waals surface area contributed by atoms with Crippen molar-refractivity contribution in [2.24, 2.45) is 0 Å². The Morgan fingerprint density at radius 1 is 0.636 bits per heavy atom. The second-order valence-electron chi connectivity index (χ2n) is 5.54. The van der Waals surface area contributed by atoms with Crippen LogP contribution in [0.25, 0.3) is 43.5 Å². The summed E-state index contributed by atoms with van der Waals surface area (Å²) >= 11 is 6.28. The van der Waals surface area contributed by atoms with Crippen LogP contribution in [0.15, 0.2) is 71.1 Å². The van der Waals surface area contributed by atoms with E-state index in [1.807, 2.05) is 18.2 Å². The molecule has 4 aromatic carbocycles. The molecule has 1 aromatic heterocycles. The molecule has 0 aliphatic carbocycles. The van der Waals surface area contributed by atoms with Crippen molar-refractivity contribution < 1.29 is 4.42 Å². The third-order valence-electron chi connectivity index (χ3n) is 4.34. The van der Waals surface area contributed by atoms with Crippen molar-refractivity contribution in [3.8, 4) is 0 Å². The van der Waals surface area contributed by atoms with Gasteiger partial charge in [0.25, 0.3) is 0 Å². The highest BCUT2D eigenvalue weighted by Gasteiger charge is 2.13.